The van der Waals surface area contributed by atoms with E-state index in [4.69, 9.17) is 4.74 Å². The van der Waals surface area contributed by atoms with E-state index < -0.39 is 16.1 Å². The van der Waals surface area contributed by atoms with Gasteiger partial charge in [0, 0.05) is 26.1 Å². The summed E-state index contributed by atoms with van der Waals surface area (Å²) in [5.74, 6) is 0.565. The van der Waals surface area contributed by atoms with Gasteiger partial charge in [0.2, 0.25) is 21.8 Å². The van der Waals surface area contributed by atoms with Crippen molar-refractivity contribution in [3.05, 3.63) is 59.2 Å². The molecule has 1 N–H and O–H groups in total. The first-order chi connectivity index (χ1) is 17.9. The predicted octanol–water partition coefficient (Wildman–Crippen LogP) is 4.44. The van der Waals surface area contributed by atoms with E-state index in [1.807, 2.05) is 77.1 Å². The molecule has 0 aromatic heterocycles. The lowest BCUT2D eigenvalue weighted by Crippen LogP contribution is -2.49. The predicted molar refractivity (Wildman–Crippen MR) is 153 cm³/mol. The Morgan fingerprint density at radius 1 is 1.08 bits per heavy atom. The Kier molecular flexibility index (Phi) is 11.6. The highest BCUT2D eigenvalue weighted by Crippen LogP contribution is 2.25. The highest BCUT2D eigenvalue weighted by Gasteiger charge is 2.29. The Hall–Kier alpha value is -3.07. The Balaban J connectivity index is 2.26. The van der Waals surface area contributed by atoms with E-state index in [-0.39, 0.29) is 37.2 Å². The lowest BCUT2D eigenvalue weighted by molar-refractivity contribution is -0.141. The van der Waals surface area contributed by atoms with E-state index in [9.17, 15) is 18.0 Å². The molecular formula is C29H43N3O5S. The number of benzene rings is 2. The standard InChI is InChI=1S/C29H43N3O5S/c1-8-26(29(34)30-19-21(2)3)31(20-24-11-9-12-25(18-24)37-6)28(33)13-10-16-32(38(7,35)36)27-17-22(4)14-15-23(27)5/h9,11-12,14-15,17-18,21,26H,8,10,13,16,19-20H2,1-7H3,(H,30,34)/t26-/m1/s1. The van der Waals surface area contributed by atoms with Crippen LogP contribution in [-0.4, -0.2) is 57.6 Å². The summed E-state index contributed by atoms with van der Waals surface area (Å²) in [6.45, 7) is 10.6. The van der Waals surface area contributed by atoms with Gasteiger partial charge < -0.3 is 15.0 Å². The number of hydrogen-bond donors (Lipinski definition) is 1. The third-order valence-electron chi connectivity index (χ3n) is 6.34. The number of methoxy groups -OCH3 is 1. The summed E-state index contributed by atoms with van der Waals surface area (Å²) in [5.41, 5.74) is 3.27. The van der Waals surface area contributed by atoms with Crippen LogP contribution in [0, 0.1) is 19.8 Å². The topological polar surface area (TPSA) is 96.0 Å². The molecule has 1 atom stereocenters. The van der Waals surface area contributed by atoms with E-state index >= 15 is 0 Å². The lowest BCUT2D eigenvalue weighted by atomic mass is 10.1. The number of carbonyl (C=O) groups excluding carboxylic acids is 2. The highest BCUT2D eigenvalue weighted by molar-refractivity contribution is 7.92. The molecule has 8 nitrogen and oxygen atoms in total. The van der Waals surface area contributed by atoms with Crippen molar-refractivity contribution in [2.45, 2.75) is 66.5 Å². The molecule has 0 heterocycles. The largest absolute Gasteiger partial charge is 0.497 e. The average molecular weight is 546 g/mol. The van der Waals surface area contributed by atoms with Crippen LogP contribution in [0.15, 0.2) is 42.5 Å². The second-order valence-corrected chi connectivity index (χ2v) is 12.1. The van der Waals surface area contributed by atoms with Gasteiger partial charge in [0.1, 0.15) is 11.8 Å². The van der Waals surface area contributed by atoms with Crippen LogP contribution in [0.2, 0.25) is 0 Å². The van der Waals surface area contributed by atoms with E-state index in [1.54, 1.807) is 12.0 Å². The normalized spacial score (nSPS) is 12.2. The maximum atomic E-state index is 13.6. The minimum Gasteiger partial charge on any atom is -0.497 e. The zero-order valence-electron chi connectivity index (χ0n) is 23.8. The zero-order chi connectivity index (χ0) is 28.5. The van der Waals surface area contributed by atoms with Crippen molar-refractivity contribution in [2.75, 3.05) is 30.8 Å². The minimum absolute atomic E-state index is 0.106. The number of ether oxygens (including phenoxy) is 1. The van der Waals surface area contributed by atoms with Crippen LogP contribution in [0.4, 0.5) is 5.69 Å². The maximum Gasteiger partial charge on any atom is 0.242 e. The number of rotatable bonds is 14. The average Bonchev–Trinajstić information content (AvgIpc) is 2.86. The van der Waals surface area contributed by atoms with Crippen LogP contribution >= 0.6 is 0 Å². The number of anilines is 1. The molecule has 0 saturated carbocycles. The number of nitrogens with one attached hydrogen (secondary N) is 1. The van der Waals surface area contributed by atoms with Gasteiger partial charge in [-0.25, -0.2) is 8.42 Å². The van der Waals surface area contributed by atoms with Crippen molar-refractivity contribution in [2.24, 2.45) is 5.92 Å². The summed E-state index contributed by atoms with van der Waals surface area (Å²) >= 11 is 0. The summed E-state index contributed by atoms with van der Waals surface area (Å²) in [6, 6.07) is 12.5. The van der Waals surface area contributed by atoms with E-state index in [0.29, 0.717) is 30.8 Å². The lowest BCUT2D eigenvalue weighted by Gasteiger charge is -2.31. The van der Waals surface area contributed by atoms with Gasteiger partial charge in [0.25, 0.3) is 0 Å². The molecule has 0 saturated heterocycles. The Morgan fingerprint density at radius 2 is 1.79 bits per heavy atom. The van der Waals surface area contributed by atoms with Gasteiger partial charge in [-0.1, -0.05) is 45.0 Å². The van der Waals surface area contributed by atoms with Crippen LogP contribution in [0.25, 0.3) is 0 Å². The van der Waals surface area contributed by atoms with Crippen molar-refractivity contribution in [1.29, 1.82) is 0 Å². The van der Waals surface area contributed by atoms with Crippen LogP contribution in [0.3, 0.4) is 0 Å². The van der Waals surface area contributed by atoms with Crippen LogP contribution < -0.4 is 14.4 Å². The summed E-state index contributed by atoms with van der Waals surface area (Å²) < 4.78 is 32.0. The Bertz CT molecular complexity index is 1200. The molecule has 0 aliphatic heterocycles. The molecule has 0 aliphatic rings. The van der Waals surface area contributed by atoms with Crippen LogP contribution in [0.5, 0.6) is 5.75 Å². The van der Waals surface area contributed by atoms with Crippen molar-refractivity contribution in [3.63, 3.8) is 0 Å². The van der Waals surface area contributed by atoms with Crippen molar-refractivity contribution >= 4 is 27.5 Å². The van der Waals surface area contributed by atoms with Gasteiger partial charge in [-0.15, -0.1) is 0 Å². The van der Waals surface area contributed by atoms with E-state index in [1.165, 1.54) is 10.6 Å². The number of sulfonamides is 1. The fourth-order valence-electron chi connectivity index (χ4n) is 4.28. The van der Waals surface area contributed by atoms with Gasteiger partial charge in [-0.05, 0) is 67.5 Å². The first-order valence-corrected chi connectivity index (χ1v) is 15.0. The molecule has 0 radical (unpaired) electrons. The summed E-state index contributed by atoms with van der Waals surface area (Å²) in [5, 5.41) is 2.96. The van der Waals surface area contributed by atoms with Gasteiger partial charge in [0.05, 0.1) is 19.1 Å². The highest BCUT2D eigenvalue weighted by atomic mass is 32.2. The molecule has 2 aromatic carbocycles. The Morgan fingerprint density at radius 3 is 2.39 bits per heavy atom. The quantitative estimate of drug-likeness (QED) is 0.379. The first kappa shape index (κ1) is 31.1. The zero-order valence-corrected chi connectivity index (χ0v) is 24.6. The van der Waals surface area contributed by atoms with Crippen molar-refractivity contribution < 1.29 is 22.7 Å². The van der Waals surface area contributed by atoms with Gasteiger partial charge in [-0.3, -0.25) is 13.9 Å². The fraction of sp³-hybridized carbons (Fsp3) is 0.517. The molecule has 9 heteroatoms. The van der Waals surface area contributed by atoms with Gasteiger partial charge in [0.15, 0.2) is 0 Å². The van der Waals surface area contributed by atoms with E-state index in [2.05, 4.69) is 5.32 Å². The van der Waals surface area contributed by atoms with Crippen LogP contribution in [0.1, 0.15) is 56.7 Å². The van der Waals surface area contributed by atoms with Gasteiger partial charge in [-0.2, -0.15) is 0 Å². The minimum atomic E-state index is -3.55. The second kappa shape index (κ2) is 14.2. The number of aryl methyl sites for hydroxylation is 2. The van der Waals surface area contributed by atoms with Gasteiger partial charge >= 0.3 is 0 Å². The molecule has 2 amide bonds. The van der Waals surface area contributed by atoms with Crippen molar-refractivity contribution in [3.8, 4) is 5.75 Å². The number of amides is 2. The second-order valence-electron chi connectivity index (χ2n) is 10.2. The number of carbonyl (C=O) groups is 2. The molecule has 210 valence electrons. The molecule has 38 heavy (non-hydrogen) atoms. The molecule has 2 rings (SSSR count). The molecule has 0 aliphatic carbocycles. The van der Waals surface area contributed by atoms with Crippen molar-refractivity contribution in [1.82, 2.24) is 10.2 Å². The number of nitrogens with zero attached hydrogens (tertiary/aromatic N) is 2. The molecular weight excluding hydrogens is 502 g/mol. The smallest absolute Gasteiger partial charge is 0.242 e. The summed E-state index contributed by atoms with van der Waals surface area (Å²) in [6.07, 6.45) is 2.06. The monoisotopic (exact) mass is 545 g/mol. The fourth-order valence-corrected chi connectivity index (χ4v) is 5.29. The Labute approximate surface area is 228 Å². The third kappa shape index (κ3) is 9.04. The molecule has 0 bridgehead atoms. The summed E-state index contributed by atoms with van der Waals surface area (Å²) in [4.78, 5) is 28.3. The maximum absolute atomic E-state index is 13.6. The molecule has 0 unspecified atom stereocenters. The third-order valence-corrected chi connectivity index (χ3v) is 7.52. The molecule has 0 spiro atoms. The first-order valence-electron chi connectivity index (χ1n) is 13.1. The summed E-state index contributed by atoms with van der Waals surface area (Å²) in [7, 11) is -1.97. The SMILES string of the molecule is CC[C@H](C(=O)NCC(C)C)N(Cc1cccc(OC)c1)C(=O)CCCN(c1cc(C)ccc1C)S(C)(=O)=O. The van der Waals surface area contributed by atoms with E-state index in [0.717, 1.165) is 16.7 Å². The molecule has 2 aromatic rings. The number of hydrogen-bond acceptors (Lipinski definition) is 5. The molecule has 0 fully saturated rings. The van der Waals surface area contributed by atoms with Crippen LogP contribution in [-0.2, 0) is 26.2 Å².